The lowest BCUT2D eigenvalue weighted by molar-refractivity contribution is 0.233. The highest BCUT2D eigenvalue weighted by Gasteiger charge is 2.12. The van der Waals surface area contributed by atoms with Gasteiger partial charge < -0.3 is 10.3 Å². The Hall–Kier alpha value is -2.21. The van der Waals surface area contributed by atoms with Crippen LogP contribution >= 0.6 is 12.4 Å². The predicted molar refractivity (Wildman–Crippen MR) is 105 cm³/mol. The van der Waals surface area contributed by atoms with Crippen molar-refractivity contribution in [3.05, 3.63) is 83.5 Å². The fraction of sp³-hybridized carbons (Fsp3) is 0.300. The maximum Gasteiger partial charge on any atom is 0.240 e. The van der Waals surface area contributed by atoms with E-state index in [0.717, 1.165) is 25.3 Å². The summed E-state index contributed by atoms with van der Waals surface area (Å²) in [5, 5.41) is 4.10. The quantitative estimate of drug-likeness (QED) is 0.625. The van der Waals surface area contributed by atoms with Crippen molar-refractivity contribution in [3.8, 4) is 0 Å². The Kier molecular flexibility index (Phi) is 8.28. The van der Waals surface area contributed by atoms with E-state index in [1.807, 2.05) is 24.3 Å². The van der Waals surface area contributed by atoms with Crippen molar-refractivity contribution in [2.45, 2.75) is 19.4 Å². The maximum absolute atomic E-state index is 5.75. The first-order chi connectivity index (χ1) is 12.3. The van der Waals surface area contributed by atoms with Gasteiger partial charge in [0.2, 0.25) is 5.89 Å². The van der Waals surface area contributed by atoms with Gasteiger partial charge in [-0.2, -0.15) is 4.98 Å². The smallest absolute Gasteiger partial charge is 0.240 e. The van der Waals surface area contributed by atoms with Crippen LogP contribution in [-0.4, -0.2) is 34.7 Å². The molecular formula is C20H25ClN4O. The zero-order valence-electron chi connectivity index (χ0n) is 14.8. The normalized spacial score (nSPS) is 10.7. The van der Waals surface area contributed by atoms with Crippen molar-refractivity contribution in [3.63, 3.8) is 0 Å². The lowest BCUT2D eigenvalue weighted by atomic mass is 10.1. The van der Waals surface area contributed by atoms with E-state index in [2.05, 4.69) is 51.4 Å². The van der Waals surface area contributed by atoms with E-state index < -0.39 is 0 Å². The van der Waals surface area contributed by atoms with E-state index in [1.165, 1.54) is 11.1 Å². The highest BCUT2D eigenvalue weighted by Crippen LogP contribution is 2.09. The second kappa shape index (κ2) is 10.7. The summed E-state index contributed by atoms with van der Waals surface area (Å²) in [4.78, 5) is 6.78. The third kappa shape index (κ3) is 6.26. The number of rotatable bonds is 9. The van der Waals surface area contributed by atoms with Crippen molar-refractivity contribution in [2.24, 2.45) is 5.73 Å². The summed E-state index contributed by atoms with van der Waals surface area (Å²) < 4.78 is 5.42. The number of benzene rings is 2. The van der Waals surface area contributed by atoms with Gasteiger partial charge in [-0.1, -0.05) is 65.8 Å². The largest absolute Gasteiger partial charge is 0.338 e. The van der Waals surface area contributed by atoms with Crippen LogP contribution in [0, 0.1) is 0 Å². The van der Waals surface area contributed by atoms with Gasteiger partial charge in [0.1, 0.15) is 0 Å². The SMILES string of the molecule is Cl.NCCN(CCc1ccccc1)Cc1nc(Cc2ccccc2)no1. The molecule has 6 heteroatoms. The monoisotopic (exact) mass is 372 g/mol. The van der Waals surface area contributed by atoms with Gasteiger partial charge in [-0.15, -0.1) is 12.4 Å². The van der Waals surface area contributed by atoms with E-state index in [0.29, 0.717) is 25.4 Å². The van der Waals surface area contributed by atoms with Gasteiger partial charge in [-0.05, 0) is 17.5 Å². The Morgan fingerprint density at radius 2 is 1.54 bits per heavy atom. The Balaban J connectivity index is 0.00000243. The number of aromatic nitrogens is 2. The van der Waals surface area contributed by atoms with E-state index in [-0.39, 0.29) is 12.4 Å². The Labute approximate surface area is 160 Å². The molecule has 3 rings (SSSR count). The van der Waals surface area contributed by atoms with E-state index in [9.17, 15) is 0 Å². The Morgan fingerprint density at radius 1 is 0.885 bits per heavy atom. The average molecular weight is 373 g/mol. The predicted octanol–water partition coefficient (Wildman–Crippen LogP) is 3.09. The van der Waals surface area contributed by atoms with Crippen LogP contribution in [0.4, 0.5) is 0 Å². The zero-order valence-corrected chi connectivity index (χ0v) is 15.6. The molecule has 0 radical (unpaired) electrons. The molecule has 26 heavy (non-hydrogen) atoms. The third-order valence-electron chi connectivity index (χ3n) is 4.08. The molecule has 0 aliphatic heterocycles. The number of nitrogens with two attached hydrogens (primary N) is 1. The second-order valence-corrected chi connectivity index (χ2v) is 6.07. The summed E-state index contributed by atoms with van der Waals surface area (Å²) in [5.74, 6) is 1.37. The molecule has 0 aliphatic rings. The summed E-state index contributed by atoms with van der Waals surface area (Å²) in [5.41, 5.74) is 8.25. The number of nitrogens with zero attached hydrogens (tertiary/aromatic N) is 3. The van der Waals surface area contributed by atoms with Crippen LogP contribution in [0.3, 0.4) is 0 Å². The molecule has 1 heterocycles. The topological polar surface area (TPSA) is 68.2 Å². The van der Waals surface area contributed by atoms with Gasteiger partial charge in [0.25, 0.3) is 0 Å². The molecule has 0 spiro atoms. The van der Waals surface area contributed by atoms with Crippen LogP contribution in [0.1, 0.15) is 22.8 Å². The number of hydrogen-bond donors (Lipinski definition) is 1. The molecule has 0 saturated heterocycles. The second-order valence-electron chi connectivity index (χ2n) is 6.07. The minimum absolute atomic E-state index is 0. The van der Waals surface area contributed by atoms with Crippen molar-refractivity contribution in [1.29, 1.82) is 0 Å². The lowest BCUT2D eigenvalue weighted by Gasteiger charge is -2.19. The summed E-state index contributed by atoms with van der Waals surface area (Å²) in [6.45, 7) is 2.96. The lowest BCUT2D eigenvalue weighted by Crippen LogP contribution is -2.31. The van der Waals surface area contributed by atoms with Crippen LogP contribution in [0.2, 0.25) is 0 Å². The first kappa shape index (κ1) is 20.1. The number of halogens is 1. The Morgan fingerprint density at radius 3 is 2.19 bits per heavy atom. The fourth-order valence-corrected chi connectivity index (χ4v) is 2.78. The first-order valence-corrected chi connectivity index (χ1v) is 8.65. The highest BCUT2D eigenvalue weighted by molar-refractivity contribution is 5.85. The van der Waals surface area contributed by atoms with Gasteiger partial charge >= 0.3 is 0 Å². The van der Waals surface area contributed by atoms with E-state index in [4.69, 9.17) is 10.3 Å². The van der Waals surface area contributed by atoms with Crippen molar-refractivity contribution in [1.82, 2.24) is 15.0 Å². The molecule has 0 bridgehead atoms. The minimum Gasteiger partial charge on any atom is -0.338 e. The molecule has 0 atom stereocenters. The summed E-state index contributed by atoms with van der Waals surface area (Å²) in [6.07, 6.45) is 1.66. The van der Waals surface area contributed by atoms with Crippen LogP contribution in [0.15, 0.2) is 65.2 Å². The van der Waals surface area contributed by atoms with Crippen molar-refractivity contribution < 1.29 is 4.52 Å². The Bertz CT molecular complexity index is 749. The van der Waals surface area contributed by atoms with Crippen LogP contribution in [0.25, 0.3) is 0 Å². The van der Waals surface area contributed by atoms with Crippen LogP contribution in [-0.2, 0) is 19.4 Å². The molecule has 0 fully saturated rings. The van der Waals surface area contributed by atoms with Crippen LogP contribution in [0.5, 0.6) is 0 Å². The van der Waals surface area contributed by atoms with Gasteiger partial charge in [-0.25, -0.2) is 0 Å². The summed E-state index contributed by atoms with van der Waals surface area (Å²) in [7, 11) is 0. The molecule has 3 aromatic rings. The molecule has 0 unspecified atom stereocenters. The first-order valence-electron chi connectivity index (χ1n) is 8.65. The third-order valence-corrected chi connectivity index (χ3v) is 4.08. The average Bonchev–Trinajstić information content (AvgIpc) is 3.08. The zero-order chi connectivity index (χ0) is 17.3. The molecule has 5 nitrogen and oxygen atoms in total. The molecule has 138 valence electrons. The summed E-state index contributed by atoms with van der Waals surface area (Å²) in [6, 6.07) is 20.6. The van der Waals surface area contributed by atoms with Crippen LogP contribution < -0.4 is 5.73 Å². The van der Waals surface area contributed by atoms with Gasteiger partial charge in [-0.3, -0.25) is 4.90 Å². The molecule has 0 aliphatic carbocycles. The molecule has 0 saturated carbocycles. The standard InChI is InChI=1S/C20H24N4O.ClH/c21-12-14-24(13-11-17-7-3-1-4-8-17)16-20-22-19(23-25-20)15-18-9-5-2-6-10-18;/h1-10H,11-16,21H2;1H. The highest BCUT2D eigenvalue weighted by atomic mass is 35.5. The molecule has 1 aromatic heterocycles. The van der Waals surface area contributed by atoms with Gasteiger partial charge in [0, 0.05) is 26.1 Å². The van der Waals surface area contributed by atoms with E-state index in [1.54, 1.807) is 0 Å². The minimum atomic E-state index is 0. The van der Waals surface area contributed by atoms with Gasteiger partial charge in [0.15, 0.2) is 5.82 Å². The van der Waals surface area contributed by atoms with E-state index >= 15 is 0 Å². The van der Waals surface area contributed by atoms with Gasteiger partial charge in [0.05, 0.1) is 6.54 Å². The maximum atomic E-state index is 5.75. The molecular weight excluding hydrogens is 348 g/mol. The summed E-state index contributed by atoms with van der Waals surface area (Å²) >= 11 is 0. The molecule has 0 amide bonds. The van der Waals surface area contributed by atoms with Crippen molar-refractivity contribution in [2.75, 3.05) is 19.6 Å². The molecule has 2 aromatic carbocycles. The van der Waals surface area contributed by atoms with Crippen molar-refractivity contribution >= 4 is 12.4 Å². The molecule has 2 N–H and O–H groups in total. The fourth-order valence-electron chi connectivity index (χ4n) is 2.78. The number of hydrogen-bond acceptors (Lipinski definition) is 5.